The standard InChI is InChI=1S/C21H25FN4O2S/c1-14-15(2)29-21-19(14)20(23-7-10-28-17-5-3-16(22)4-6-17)24-18(25-21)13-26-8-11-27-12-9-26/h3-6H,7-13H2,1-2H3,(H,23,24,25). The van der Waals surface area contributed by atoms with E-state index in [1.807, 2.05) is 0 Å². The Kier molecular flexibility index (Phi) is 6.22. The average Bonchev–Trinajstić information content (AvgIpc) is 3.01. The van der Waals surface area contributed by atoms with Crippen LogP contribution in [0.15, 0.2) is 24.3 Å². The van der Waals surface area contributed by atoms with E-state index in [2.05, 4.69) is 24.1 Å². The van der Waals surface area contributed by atoms with Gasteiger partial charge in [-0.15, -0.1) is 11.3 Å². The monoisotopic (exact) mass is 416 g/mol. The van der Waals surface area contributed by atoms with Crippen molar-refractivity contribution in [2.45, 2.75) is 20.4 Å². The van der Waals surface area contributed by atoms with Crippen LogP contribution in [0.3, 0.4) is 0 Å². The smallest absolute Gasteiger partial charge is 0.146 e. The second-order valence-electron chi connectivity index (χ2n) is 7.07. The van der Waals surface area contributed by atoms with Gasteiger partial charge in [-0.1, -0.05) is 0 Å². The molecular formula is C21H25FN4O2S. The predicted octanol–water partition coefficient (Wildman–Crippen LogP) is 3.77. The maximum atomic E-state index is 13.0. The minimum absolute atomic E-state index is 0.269. The van der Waals surface area contributed by atoms with Gasteiger partial charge in [-0.2, -0.15) is 0 Å². The van der Waals surface area contributed by atoms with Crippen LogP contribution in [-0.4, -0.2) is 54.3 Å². The van der Waals surface area contributed by atoms with Crippen molar-refractivity contribution in [1.29, 1.82) is 0 Å². The summed E-state index contributed by atoms with van der Waals surface area (Å²) < 4.78 is 24.1. The molecule has 0 saturated carbocycles. The van der Waals surface area contributed by atoms with Crippen molar-refractivity contribution < 1.29 is 13.9 Å². The number of thiophene rings is 1. The number of fused-ring (bicyclic) bond motifs is 1. The number of ether oxygens (including phenoxy) is 2. The number of aryl methyl sites for hydroxylation is 2. The van der Waals surface area contributed by atoms with Gasteiger partial charge < -0.3 is 14.8 Å². The number of anilines is 1. The van der Waals surface area contributed by atoms with E-state index in [1.54, 1.807) is 23.5 Å². The lowest BCUT2D eigenvalue weighted by Crippen LogP contribution is -2.36. The van der Waals surface area contributed by atoms with Crippen molar-refractivity contribution in [1.82, 2.24) is 14.9 Å². The van der Waals surface area contributed by atoms with Gasteiger partial charge in [0.1, 0.15) is 34.6 Å². The van der Waals surface area contributed by atoms with Crippen LogP contribution in [0.5, 0.6) is 5.75 Å². The fourth-order valence-corrected chi connectivity index (χ4v) is 4.37. The number of nitrogens with zero attached hydrogens (tertiary/aromatic N) is 3. The van der Waals surface area contributed by atoms with Crippen molar-refractivity contribution in [2.75, 3.05) is 44.8 Å². The zero-order chi connectivity index (χ0) is 20.2. The van der Waals surface area contributed by atoms with E-state index < -0.39 is 0 Å². The molecule has 4 rings (SSSR count). The number of halogens is 1. The number of morpholine rings is 1. The Morgan fingerprint density at radius 2 is 1.93 bits per heavy atom. The second-order valence-corrected chi connectivity index (χ2v) is 8.27. The molecule has 0 amide bonds. The fourth-order valence-electron chi connectivity index (χ4n) is 3.32. The van der Waals surface area contributed by atoms with Crippen LogP contribution in [0.25, 0.3) is 10.2 Å². The molecule has 1 N–H and O–H groups in total. The van der Waals surface area contributed by atoms with Crippen LogP contribution in [0.1, 0.15) is 16.3 Å². The van der Waals surface area contributed by atoms with Gasteiger partial charge >= 0.3 is 0 Å². The molecule has 0 aliphatic carbocycles. The molecule has 0 atom stereocenters. The Hall–Kier alpha value is -2.29. The van der Waals surface area contributed by atoms with E-state index in [0.29, 0.717) is 18.9 Å². The average molecular weight is 417 g/mol. The molecule has 0 bridgehead atoms. The summed E-state index contributed by atoms with van der Waals surface area (Å²) >= 11 is 1.71. The quantitative estimate of drug-likeness (QED) is 0.592. The number of hydrogen-bond donors (Lipinski definition) is 1. The summed E-state index contributed by atoms with van der Waals surface area (Å²) in [5, 5.41) is 4.50. The summed E-state index contributed by atoms with van der Waals surface area (Å²) in [7, 11) is 0. The molecule has 0 radical (unpaired) electrons. The van der Waals surface area contributed by atoms with Crippen molar-refractivity contribution in [3.8, 4) is 5.75 Å². The molecule has 154 valence electrons. The third kappa shape index (κ3) is 4.83. The summed E-state index contributed by atoms with van der Waals surface area (Å²) in [4.78, 5) is 14.2. The molecule has 6 nitrogen and oxygen atoms in total. The Bertz CT molecular complexity index is 971. The van der Waals surface area contributed by atoms with Gasteiger partial charge in [-0.05, 0) is 43.7 Å². The largest absolute Gasteiger partial charge is 0.492 e. The van der Waals surface area contributed by atoms with Crippen LogP contribution < -0.4 is 10.1 Å². The molecule has 0 spiro atoms. The highest BCUT2D eigenvalue weighted by Gasteiger charge is 2.17. The molecule has 1 aliphatic heterocycles. The third-order valence-electron chi connectivity index (χ3n) is 5.02. The van der Waals surface area contributed by atoms with Crippen LogP contribution in [0.2, 0.25) is 0 Å². The summed E-state index contributed by atoms with van der Waals surface area (Å²) in [5.74, 6) is 2.05. The van der Waals surface area contributed by atoms with Gasteiger partial charge in [0.15, 0.2) is 0 Å². The maximum Gasteiger partial charge on any atom is 0.146 e. The molecule has 8 heteroatoms. The van der Waals surface area contributed by atoms with E-state index in [4.69, 9.17) is 19.4 Å². The predicted molar refractivity (Wildman–Crippen MR) is 113 cm³/mol. The van der Waals surface area contributed by atoms with E-state index in [9.17, 15) is 4.39 Å². The summed E-state index contributed by atoms with van der Waals surface area (Å²) in [5.41, 5.74) is 1.21. The Balaban J connectivity index is 1.47. The Labute approximate surface area is 173 Å². The first kappa shape index (κ1) is 20.0. The molecule has 29 heavy (non-hydrogen) atoms. The molecule has 1 aromatic carbocycles. The maximum absolute atomic E-state index is 13.0. The van der Waals surface area contributed by atoms with E-state index >= 15 is 0 Å². The minimum Gasteiger partial charge on any atom is -0.492 e. The zero-order valence-corrected chi connectivity index (χ0v) is 17.5. The third-order valence-corrected chi connectivity index (χ3v) is 6.12. The number of aromatic nitrogens is 2. The van der Waals surface area contributed by atoms with Crippen LogP contribution in [-0.2, 0) is 11.3 Å². The van der Waals surface area contributed by atoms with Crippen molar-refractivity contribution >= 4 is 27.4 Å². The van der Waals surface area contributed by atoms with Gasteiger partial charge in [-0.25, -0.2) is 14.4 Å². The molecule has 1 aliphatic rings. The van der Waals surface area contributed by atoms with E-state index in [1.165, 1.54) is 22.6 Å². The lowest BCUT2D eigenvalue weighted by Gasteiger charge is -2.25. The first-order valence-electron chi connectivity index (χ1n) is 9.79. The van der Waals surface area contributed by atoms with Crippen molar-refractivity contribution in [3.63, 3.8) is 0 Å². The summed E-state index contributed by atoms with van der Waals surface area (Å²) in [6, 6.07) is 6.05. The first-order chi connectivity index (χ1) is 14.1. The molecule has 1 saturated heterocycles. The van der Waals surface area contributed by atoms with Gasteiger partial charge in [0.2, 0.25) is 0 Å². The van der Waals surface area contributed by atoms with Gasteiger partial charge in [-0.3, -0.25) is 4.90 Å². The van der Waals surface area contributed by atoms with Gasteiger partial charge in [0, 0.05) is 18.0 Å². The highest BCUT2D eigenvalue weighted by molar-refractivity contribution is 7.18. The number of nitrogens with one attached hydrogen (secondary N) is 1. The van der Waals surface area contributed by atoms with Crippen LogP contribution in [0, 0.1) is 19.7 Å². The number of benzene rings is 1. The highest BCUT2D eigenvalue weighted by atomic mass is 32.1. The topological polar surface area (TPSA) is 59.5 Å². The lowest BCUT2D eigenvalue weighted by atomic mass is 10.2. The SMILES string of the molecule is Cc1sc2nc(CN3CCOCC3)nc(NCCOc3ccc(F)cc3)c2c1C. The Morgan fingerprint density at radius 3 is 2.69 bits per heavy atom. The molecule has 3 heterocycles. The molecule has 3 aromatic rings. The molecule has 2 aromatic heterocycles. The second kappa shape index (κ2) is 9.02. The lowest BCUT2D eigenvalue weighted by molar-refractivity contribution is 0.0331. The summed E-state index contributed by atoms with van der Waals surface area (Å²) in [6.07, 6.45) is 0. The van der Waals surface area contributed by atoms with Gasteiger partial charge in [0.05, 0.1) is 31.7 Å². The summed E-state index contributed by atoms with van der Waals surface area (Å²) in [6.45, 7) is 9.31. The number of rotatable bonds is 7. The molecule has 0 unspecified atom stereocenters. The fraction of sp³-hybridized carbons (Fsp3) is 0.429. The Morgan fingerprint density at radius 1 is 1.17 bits per heavy atom. The first-order valence-corrected chi connectivity index (χ1v) is 10.6. The minimum atomic E-state index is -0.269. The zero-order valence-electron chi connectivity index (χ0n) is 16.7. The molecular weight excluding hydrogens is 391 g/mol. The normalized spacial score (nSPS) is 15.0. The van der Waals surface area contributed by atoms with Crippen molar-refractivity contribution in [2.24, 2.45) is 0 Å². The molecule has 1 fully saturated rings. The van der Waals surface area contributed by atoms with Crippen LogP contribution >= 0.6 is 11.3 Å². The highest BCUT2D eigenvalue weighted by Crippen LogP contribution is 2.33. The van der Waals surface area contributed by atoms with Crippen LogP contribution in [0.4, 0.5) is 10.2 Å². The van der Waals surface area contributed by atoms with E-state index in [0.717, 1.165) is 54.7 Å². The van der Waals surface area contributed by atoms with Gasteiger partial charge in [0.25, 0.3) is 0 Å². The van der Waals surface area contributed by atoms with E-state index in [-0.39, 0.29) is 5.82 Å². The number of hydrogen-bond acceptors (Lipinski definition) is 7. The van der Waals surface area contributed by atoms with Crippen molar-refractivity contribution in [3.05, 3.63) is 46.3 Å².